The van der Waals surface area contributed by atoms with Crippen LogP contribution in [0.2, 0.25) is 0 Å². The summed E-state index contributed by atoms with van der Waals surface area (Å²) in [7, 11) is 1.53. The van der Waals surface area contributed by atoms with Gasteiger partial charge in [0.15, 0.2) is 0 Å². The van der Waals surface area contributed by atoms with Crippen molar-refractivity contribution in [3.05, 3.63) is 0 Å². The lowest BCUT2D eigenvalue weighted by molar-refractivity contribution is -0.145. The summed E-state index contributed by atoms with van der Waals surface area (Å²) in [5, 5.41) is 19.4. The highest BCUT2D eigenvalue weighted by Gasteiger charge is 2.24. The fraction of sp³-hybridized carbons (Fsp3) is 0.700. The van der Waals surface area contributed by atoms with E-state index in [1.807, 2.05) is 6.92 Å². The van der Waals surface area contributed by atoms with Gasteiger partial charge in [0.25, 0.3) is 0 Å². The van der Waals surface area contributed by atoms with Gasteiger partial charge in [0.05, 0.1) is 6.42 Å². The second-order valence-electron chi connectivity index (χ2n) is 3.71. The van der Waals surface area contributed by atoms with Crippen LogP contribution >= 0.6 is 0 Å². The number of carbonyl (C=O) groups is 3. The first-order chi connectivity index (χ1) is 7.88. The maximum atomic E-state index is 11.5. The third-order valence-electron chi connectivity index (χ3n) is 2.17. The largest absolute Gasteiger partial charge is 0.481 e. The first kappa shape index (κ1) is 15.2. The van der Waals surface area contributed by atoms with E-state index in [9.17, 15) is 14.4 Å². The van der Waals surface area contributed by atoms with E-state index in [-0.39, 0.29) is 0 Å². The van der Waals surface area contributed by atoms with E-state index in [1.165, 1.54) is 11.9 Å². The van der Waals surface area contributed by atoms with Crippen molar-refractivity contribution in [3.8, 4) is 0 Å². The van der Waals surface area contributed by atoms with Crippen LogP contribution in [0.15, 0.2) is 0 Å². The van der Waals surface area contributed by atoms with E-state index >= 15 is 0 Å². The predicted molar refractivity (Wildman–Crippen MR) is 59.7 cm³/mol. The molecular formula is C10H18N2O5. The van der Waals surface area contributed by atoms with Gasteiger partial charge in [-0.2, -0.15) is 0 Å². The van der Waals surface area contributed by atoms with Crippen molar-refractivity contribution in [2.24, 2.45) is 0 Å². The molecule has 0 aliphatic heterocycles. The number of hydrogen-bond donors (Lipinski definition) is 3. The zero-order valence-electron chi connectivity index (χ0n) is 9.97. The molecule has 0 rings (SSSR count). The highest BCUT2D eigenvalue weighted by atomic mass is 16.4. The standard InChI is InChI=1S/C10H18N2O5/c1-3-4-5-12(2)10(17)11-7(9(15)16)6-8(13)14/h7H,3-6H2,1-2H3,(H,11,17)(H,13,14)(H,15,16). The van der Waals surface area contributed by atoms with Crippen LogP contribution in [-0.4, -0.2) is 52.7 Å². The Labute approximate surface area is 99.4 Å². The number of aliphatic carboxylic acids is 2. The highest BCUT2D eigenvalue weighted by Crippen LogP contribution is 1.97. The van der Waals surface area contributed by atoms with Crippen LogP contribution in [0.5, 0.6) is 0 Å². The third kappa shape index (κ3) is 6.39. The Morgan fingerprint density at radius 1 is 1.29 bits per heavy atom. The molecule has 98 valence electrons. The SMILES string of the molecule is CCCCN(C)C(=O)NC(CC(=O)O)C(=O)O. The maximum absolute atomic E-state index is 11.5. The van der Waals surface area contributed by atoms with E-state index in [0.717, 1.165) is 12.8 Å². The zero-order valence-corrected chi connectivity index (χ0v) is 9.97. The minimum absolute atomic E-state index is 0.502. The Balaban J connectivity index is 4.29. The molecule has 2 amide bonds. The number of nitrogens with zero attached hydrogens (tertiary/aromatic N) is 1. The lowest BCUT2D eigenvalue weighted by atomic mass is 10.2. The van der Waals surface area contributed by atoms with Crippen LogP contribution < -0.4 is 5.32 Å². The minimum atomic E-state index is -1.40. The van der Waals surface area contributed by atoms with Gasteiger partial charge < -0.3 is 20.4 Å². The normalized spacial score (nSPS) is 11.6. The van der Waals surface area contributed by atoms with Crippen LogP contribution in [-0.2, 0) is 9.59 Å². The summed E-state index contributed by atoms with van der Waals surface area (Å²) in [5.41, 5.74) is 0. The molecule has 1 atom stereocenters. The molecular weight excluding hydrogens is 228 g/mol. The molecule has 0 aliphatic carbocycles. The molecule has 0 bridgehead atoms. The number of unbranched alkanes of at least 4 members (excludes halogenated alkanes) is 1. The molecule has 0 heterocycles. The number of nitrogens with one attached hydrogen (secondary N) is 1. The molecule has 0 saturated heterocycles. The van der Waals surface area contributed by atoms with Crippen LogP contribution in [0.4, 0.5) is 4.79 Å². The third-order valence-corrected chi connectivity index (χ3v) is 2.17. The van der Waals surface area contributed by atoms with Gasteiger partial charge in [0.2, 0.25) is 0 Å². The van der Waals surface area contributed by atoms with Crippen molar-refractivity contribution < 1.29 is 24.6 Å². The van der Waals surface area contributed by atoms with Crippen molar-refractivity contribution in [3.63, 3.8) is 0 Å². The fourth-order valence-corrected chi connectivity index (χ4v) is 1.13. The minimum Gasteiger partial charge on any atom is -0.481 e. The summed E-state index contributed by atoms with van der Waals surface area (Å²) in [6.45, 7) is 2.47. The second kappa shape index (κ2) is 7.48. The molecule has 7 heteroatoms. The lowest BCUT2D eigenvalue weighted by Crippen LogP contribution is -2.47. The lowest BCUT2D eigenvalue weighted by Gasteiger charge is -2.20. The molecule has 3 N–H and O–H groups in total. The number of urea groups is 1. The van der Waals surface area contributed by atoms with E-state index in [2.05, 4.69) is 5.32 Å². The van der Waals surface area contributed by atoms with E-state index in [4.69, 9.17) is 10.2 Å². The van der Waals surface area contributed by atoms with Crippen LogP contribution in [0.3, 0.4) is 0 Å². The molecule has 0 aromatic carbocycles. The van der Waals surface area contributed by atoms with Gasteiger partial charge in [0.1, 0.15) is 6.04 Å². The smallest absolute Gasteiger partial charge is 0.326 e. The van der Waals surface area contributed by atoms with Crippen molar-refractivity contribution in [1.82, 2.24) is 10.2 Å². The molecule has 0 aliphatic rings. The highest BCUT2D eigenvalue weighted by molar-refractivity contribution is 5.86. The molecule has 0 spiro atoms. The quantitative estimate of drug-likeness (QED) is 0.601. The molecule has 0 fully saturated rings. The van der Waals surface area contributed by atoms with Gasteiger partial charge in [0, 0.05) is 13.6 Å². The Morgan fingerprint density at radius 2 is 1.88 bits per heavy atom. The fourth-order valence-electron chi connectivity index (χ4n) is 1.13. The predicted octanol–water partition coefficient (Wildman–Crippen LogP) is 0.356. The Bertz CT molecular complexity index is 292. The molecule has 1 unspecified atom stereocenters. The molecule has 0 radical (unpaired) electrons. The van der Waals surface area contributed by atoms with Gasteiger partial charge in [-0.15, -0.1) is 0 Å². The second-order valence-corrected chi connectivity index (χ2v) is 3.71. The number of hydrogen-bond acceptors (Lipinski definition) is 3. The van der Waals surface area contributed by atoms with Crippen LogP contribution in [0.1, 0.15) is 26.2 Å². The Kier molecular flexibility index (Phi) is 6.69. The van der Waals surface area contributed by atoms with Crippen LogP contribution in [0, 0.1) is 0 Å². The van der Waals surface area contributed by atoms with Gasteiger partial charge in [-0.1, -0.05) is 13.3 Å². The van der Waals surface area contributed by atoms with Gasteiger partial charge in [-0.3, -0.25) is 4.79 Å². The summed E-state index contributed by atoms with van der Waals surface area (Å²) < 4.78 is 0. The summed E-state index contributed by atoms with van der Waals surface area (Å²) in [6, 6.07) is -1.98. The monoisotopic (exact) mass is 246 g/mol. The summed E-state index contributed by atoms with van der Waals surface area (Å²) in [4.78, 5) is 34.0. The maximum Gasteiger partial charge on any atom is 0.326 e. The van der Waals surface area contributed by atoms with Crippen molar-refractivity contribution in [2.75, 3.05) is 13.6 Å². The average molecular weight is 246 g/mol. The number of carboxylic acids is 2. The van der Waals surface area contributed by atoms with Crippen molar-refractivity contribution in [2.45, 2.75) is 32.2 Å². The zero-order chi connectivity index (χ0) is 13.4. The summed E-state index contributed by atoms with van der Waals surface area (Å²) >= 11 is 0. The number of carboxylic acid groups (broad SMARTS) is 2. The van der Waals surface area contributed by atoms with E-state index in [0.29, 0.717) is 6.54 Å². The first-order valence-corrected chi connectivity index (χ1v) is 5.34. The first-order valence-electron chi connectivity index (χ1n) is 5.34. The van der Waals surface area contributed by atoms with Crippen molar-refractivity contribution >= 4 is 18.0 Å². The van der Waals surface area contributed by atoms with Gasteiger partial charge in [-0.05, 0) is 6.42 Å². The number of amides is 2. The molecule has 7 nitrogen and oxygen atoms in total. The summed E-state index contributed by atoms with van der Waals surface area (Å²) in [6.07, 6.45) is 1.08. The average Bonchev–Trinajstić information content (AvgIpc) is 2.23. The number of carbonyl (C=O) groups excluding carboxylic acids is 1. The summed E-state index contributed by atoms with van der Waals surface area (Å²) in [5.74, 6) is -2.63. The topological polar surface area (TPSA) is 107 Å². The molecule has 0 aromatic rings. The molecule has 0 aromatic heterocycles. The Morgan fingerprint density at radius 3 is 2.29 bits per heavy atom. The Hall–Kier alpha value is -1.79. The molecule has 17 heavy (non-hydrogen) atoms. The van der Waals surface area contributed by atoms with Gasteiger partial charge >= 0.3 is 18.0 Å². The van der Waals surface area contributed by atoms with Crippen LogP contribution in [0.25, 0.3) is 0 Å². The van der Waals surface area contributed by atoms with E-state index in [1.54, 1.807) is 0 Å². The van der Waals surface area contributed by atoms with E-state index < -0.39 is 30.4 Å². The van der Waals surface area contributed by atoms with Crippen molar-refractivity contribution in [1.29, 1.82) is 0 Å². The molecule has 0 saturated carbocycles. The number of rotatable bonds is 7. The van der Waals surface area contributed by atoms with Gasteiger partial charge in [-0.25, -0.2) is 9.59 Å².